The Balaban J connectivity index is 1.11. The van der Waals surface area contributed by atoms with Gasteiger partial charge >= 0.3 is 0 Å². The molecule has 1 fully saturated rings. The van der Waals surface area contributed by atoms with Gasteiger partial charge in [0.2, 0.25) is 0 Å². The van der Waals surface area contributed by atoms with Gasteiger partial charge < -0.3 is 9.21 Å². The van der Waals surface area contributed by atoms with Gasteiger partial charge in [0, 0.05) is 22.2 Å². The minimum absolute atomic E-state index is 0.140. The third kappa shape index (κ3) is 3.84. The Hall–Kier alpha value is -2.75. The quantitative estimate of drug-likeness (QED) is 0.288. The highest BCUT2D eigenvalue weighted by atomic mass is 32.2. The summed E-state index contributed by atoms with van der Waals surface area (Å²) >= 11 is 1.91. The van der Waals surface area contributed by atoms with Crippen LogP contribution in [0.5, 0.6) is 0 Å². The Morgan fingerprint density at radius 2 is 1.30 bits per heavy atom. The number of likely N-dealkylation sites (tertiary alicyclic amines) is 1. The van der Waals surface area contributed by atoms with Gasteiger partial charge in [-0.3, -0.25) is 0 Å². The molecular weight excluding hydrogens is 420 g/mol. The Morgan fingerprint density at radius 1 is 0.667 bits per heavy atom. The van der Waals surface area contributed by atoms with Crippen molar-refractivity contribution < 1.29 is 0 Å². The van der Waals surface area contributed by atoms with Gasteiger partial charge in [-0.1, -0.05) is 84.9 Å². The summed E-state index contributed by atoms with van der Waals surface area (Å²) in [6.07, 6.45) is 3.57. The van der Waals surface area contributed by atoms with Crippen molar-refractivity contribution in [2.24, 2.45) is 0 Å². The van der Waals surface area contributed by atoms with Gasteiger partial charge in [-0.2, -0.15) is 0 Å². The topological polar surface area (TPSA) is 6.48 Å². The van der Waals surface area contributed by atoms with Gasteiger partial charge in [0.25, 0.3) is 0 Å². The molecule has 33 heavy (non-hydrogen) atoms. The summed E-state index contributed by atoms with van der Waals surface area (Å²) in [6, 6.07) is 35.7. The lowest BCUT2D eigenvalue weighted by Gasteiger charge is -2.43. The van der Waals surface area contributed by atoms with Crippen molar-refractivity contribution in [3.05, 3.63) is 108 Å². The molecule has 0 atom stereocenters. The fraction of sp³-hybridized carbons (Fsp3) is 0.267. The van der Waals surface area contributed by atoms with Crippen molar-refractivity contribution in [3.63, 3.8) is 0 Å². The number of nitrogens with zero attached hydrogens (tertiary/aromatic N) is 2. The van der Waals surface area contributed by atoms with E-state index in [1.54, 1.807) is 0 Å². The molecule has 166 valence electrons. The van der Waals surface area contributed by atoms with Gasteiger partial charge in [0.1, 0.15) is 0 Å². The summed E-state index contributed by atoms with van der Waals surface area (Å²) < 4.78 is 2.50. The van der Waals surface area contributed by atoms with Crippen LogP contribution in [-0.4, -0.2) is 31.1 Å². The number of anilines is 1. The summed E-state index contributed by atoms with van der Waals surface area (Å²) in [6.45, 7) is 4.58. The first-order valence-corrected chi connectivity index (χ1v) is 12.9. The van der Waals surface area contributed by atoms with Crippen molar-refractivity contribution in [3.8, 4) is 0 Å². The van der Waals surface area contributed by atoms with E-state index in [1.165, 1.54) is 58.3 Å². The van der Waals surface area contributed by atoms with Crippen LogP contribution in [0.15, 0.2) is 102 Å². The second-order valence-corrected chi connectivity index (χ2v) is 10.4. The van der Waals surface area contributed by atoms with Crippen LogP contribution < -0.4 is 4.31 Å². The normalized spacial score (nSPS) is 17.5. The zero-order chi connectivity index (χ0) is 22.1. The predicted molar refractivity (Wildman–Crippen MR) is 141 cm³/mol. The molecule has 0 aliphatic carbocycles. The second-order valence-electron chi connectivity index (χ2n) is 9.33. The monoisotopic (exact) mass is 450 g/mol. The molecule has 0 spiro atoms. The van der Waals surface area contributed by atoms with Crippen molar-refractivity contribution in [1.29, 1.82) is 0 Å². The fourth-order valence-electron chi connectivity index (χ4n) is 5.76. The van der Waals surface area contributed by atoms with Crippen LogP contribution in [0.1, 0.15) is 30.4 Å². The number of hydrogen-bond acceptors (Lipinski definition) is 3. The smallest absolute Gasteiger partial charge is 0.0563 e. The molecule has 0 unspecified atom stereocenters. The van der Waals surface area contributed by atoms with Crippen molar-refractivity contribution in [2.45, 2.75) is 29.6 Å². The average Bonchev–Trinajstić information content (AvgIpc) is 3.25. The standard InChI is InChI=1S/C30H30N2S/c1-3-12-25(13-4-1)30(26-14-5-2-6-15-26)18-22-31(23-19-30)20-9-21-32-27-16-7-10-24-11-8-17-28(33-32)29(24)27/h1-8,10-17H,9,18-23H2. The van der Waals surface area contributed by atoms with Crippen LogP contribution in [0, 0.1) is 0 Å². The van der Waals surface area contributed by atoms with Gasteiger partial charge in [-0.05, 0) is 79.5 Å². The largest absolute Gasteiger partial charge is 0.311 e. The first kappa shape index (κ1) is 20.8. The first-order valence-electron chi connectivity index (χ1n) is 12.1. The molecule has 0 radical (unpaired) electrons. The Bertz CT molecular complexity index is 1180. The maximum absolute atomic E-state index is 2.68. The Labute approximate surface area is 201 Å². The van der Waals surface area contributed by atoms with Crippen LogP contribution in [-0.2, 0) is 5.41 Å². The third-order valence-electron chi connectivity index (χ3n) is 7.52. The highest BCUT2D eigenvalue weighted by molar-refractivity contribution is 8.01. The second kappa shape index (κ2) is 8.89. The van der Waals surface area contributed by atoms with Gasteiger partial charge in [-0.25, -0.2) is 0 Å². The molecule has 0 N–H and O–H groups in total. The molecule has 4 aromatic rings. The third-order valence-corrected chi connectivity index (χ3v) is 8.66. The maximum atomic E-state index is 2.68. The fourth-order valence-corrected chi connectivity index (χ4v) is 6.92. The number of piperidine rings is 1. The molecule has 2 nitrogen and oxygen atoms in total. The van der Waals surface area contributed by atoms with E-state index in [2.05, 4.69) is 106 Å². The van der Waals surface area contributed by atoms with Crippen LogP contribution in [0.2, 0.25) is 0 Å². The predicted octanol–water partition coefficient (Wildman–Crippen LogP) is 7.14. The van der Waals surface area contributed by atoms with Crippen LogP contribution in [0.4, 0.5) is 5.69 Å². The van der Waals surface area contributed by atoms with Crippen LogP contribution in [0.25, 0.3) is 10.8 Å². The molecule has 3 heteroatoms. The van der Waals surface area contributed by atoms with E-state index in [9.17, 15) is 0 Å². The molecule has 6 rings (SSSR count). The summed E-state index contributed by atoms with van der Waals surface area (Å²) in [5.74, 6) is 0. The van der Waals surface area contributed by atoms with Crippen LogP contribution in [0.3, 0.4) is 0 Å². The lowest BCUT2D eigenvalue weighted by atomic mass is 9.68. The van der Waals surface area contributed by atoms with Crippen LogP contribution >= 0.6 is 11.9 Å². The minimum Gasteiger partial charge on any atom is -0.311 e. The van der Waals surface area contributed by atoms with Gasteiger partial charge in [0.15, 0.2) is 0 Å². The van der Waals surface area contributed by atoms with Crippen molar-refractivity contribution in [1.82, 2.24) is 4.90 Å². The highest BCUT2D eigenvalue weighted by Gasteiger charge is 2.37. The molecular formula is C30H30N2S. The lowest BCUT2D eigenvalue weighted by molar-refractivity contribution is 0.178. The summed E-state index contributed by atoms with van der Waals surface area (Å²) in [4.78, 5) is 4.08. The molecule has 2 heterocycles. The molecule has 0 bridgehead atoms. The van der Waals surface area contributed by atoms with E-state index in [4.69, 9.17) is 0 Å². The maximum Gasteiger partial charge on any atom is 0.0563 e. The molecule has 0 aromatic heterocycles. The zero-order valence-corrected chi connectivity index (χ0v) is 19.8. The molecule has 2 aliphatic heterocycles. The van der Waals surface area contributed by atoms with E-state index in [-0.39, 0.29) is 5.41 Å². The van der Waals surface area contributed by atoms with E-state index < -0.39 is 0 Å². The molecule has 4 aromatic carbocycles. The van der Waals surface area contributed by atoms with Crippen molar-refractivity contribution in [2.75, 3.05) is 30.5 Å². The number of benzene rings is 4. The summed E-state index contributed by atoms with van der Waals surface area (Å²) in [5, 5.41) is 2.78. The average molecular weight is 451 g/mol. The Kier molecular flexibility index (Phi) is 5.61. The number of rotatable bonds is 6. The molecule has 1 saturated heterocycles. The first-order chi connectivity index (χ1) is 16.3. The number of hydrogen-bond donors (Lipinski definition) is 0. The van der Waals surface area contributed by atoms with Gasteiger partial charge in [-0.15, -0.1) is 0 Å². The van der Waals surface area contributed by atoms with Crippen molar-refractivity contribution >= 4 is 28.4 Å². The zero-order valence-electron chi connectivity index (χ0n) is 19.0. The molecule has 2 aliphatic rings. The summed E-state index contributed by atoms with van der Waals surface area (Å²) in [7, 11) is 0. The van der Waals surface area contributed by atoms with Gasteiger partial charge in [0.05, 0.1) is 5.69 Å². The lowest BCUT2D eigenvalue weighted by Crippen LogP contribution is -2.44. The summed E-state index contributed by atoms with van der Waals surface area (Å²) in [5.41, 5.74) is 4.46. The Morgan fingerprint density at radius 3 is 1.97 bits per heavy atom. The molecule has 0 amide bonds. The highest BCUT2D eigenvalue weighted by Crippen LogP contribution is 2.46. The van der Waals surface area contributed by atoms with E-state index in [0.717, 1.165) is 19.6 Å². The van der Waals surface area contributed by atoms with E-state index in [0.29, 0.717) is 0 Å². The van der Waals surface area contributed by atoms with E-state index in [1.807, 2.05) is 11.9 Å². The minimum atomic E-state index is 0.140. The SMILES string of the molecule is c1ccc(C2(c3ccccc3)CCN(CCCN3Sc4cccc5cccc3c45)CC2)cc1. The van der Waals surface area contributed by atoms with E-state index >= 15 is 0 Å². The molecule has 0 saturated carbocycles.